The molecule has 9 heteroatoms. The maximum Gasteiger partial charge on any atom is 0.252 e. The molecule has 162 valence electrons. The molecule has 0 bridgehead atoms. The number of hydrogen-bond donors (Lipinski definition) is 2. The average Bonchev–Trinajstić information content (AvgIpc) is 3.53. The molecule has 2 fully saturated rings. The van der Waals surface area contributed by atoms with Gasteiger partial charge >= 0.3 is 0 Å². The Morgan fingerprint density at radius 3 is 2.81 bits per heavy atom. The second-order valence-electron chi connectivity index (χ2n) is 8.51. The van der Waals surface area contributed by atoms with Crippen LogP contribution in [0.5, 0.6) is 0 Å². The highest BCUT2D eigenvalue weighted by molar-refractivity contribution is 5.87. The summed E-state index contributed by atoms with van der Waals surface area (Å²) in [6.07, 6.45) is -0.128. The lowest BCUT2D eigenvalue weighted by Gasteiger charge is -2.26. The minimum atomic E-state index is -1.54. The van der Waals surface area contributed by atoms with Gasteiger partial charge in [0, 0.05) is 32.6 Å². The molecule has 1 amide bonds. The molecule has 2 aliphatic rings. The molecule has 2 heterocycles. The molecule has 4 atom stereocenters. The third-order valence-corrected chi connectivity index (χ3v) is 6.14. The predicted molar refractivity (Wildman–Crippen MR) is 109 cm³/mol. The van der Waals surface area contributed by atoms with Gasteiger partial charge in [-0.15, -0.1) is 0 Å². The van der Waals surface area contributed by atoms with Gasteiger partial charge in [-0.2, -0.15) is 5.26 Å². The van der Waals surface area contributed by atoms with Gasteiger partial charge in [-0.25, -0.2) is 8.78 Å². The van der Waals surface area contributed by atoms with E-state index in [0.717, 1.165) is 12.8 Å². The molecule has 1 saturated carbocycles. The van der Waals surface area contributed by atoms with Gasteiger partial charge in [0.25, 0.3) is 11.6 Å². The summed E-state index contributed by atoms with van der Waals surface area (Å²) in [5.41, 5.74) is 1.06. The fourth-order valence-electron chi connectivity index (χ4n) is 4.56. The number of benzene rings is 1. The highest BCUT2D eigenvalue weighted by atomic mass is 19.1. The number of aromatic amines is 1. The Balaban J connectivity index is 1.56. The number of aromatic nitrogens is 1. The summed E-state index contributed by atoms with van der Waals surface area (Å²) in [5.74, 6) is -1.52. The van der Waals surface area contributed by atoms with Crippen LogP contribution in [-0.4, -0.2) is 40.5 Å². The number of piperidine rings is 1. The van der Waals surface area contributed by atoms with Gasteiger partial charge in [0.1, 0.15) is 11.7 Å². The number of halogens is 2. The SMILES string of the molecule is C[C@@H](NC(=O)Cc1c(C2CC2)c2cc(F)ccc2[nH]c1=O)C1C(F)CC(C#N)C[N+]1=O. The summed E-state index contributed by atoms with van der Waals surface area (Å²) in [6.45, 7) is 1.43. The molecule has 3 unspecified atom stereocenters. The van der Waals surface area contributed by atoms with Gasteiger partial charge in [-0.3, -0.25) is 9.59 Å². The Kier molecular flexibility index (Phi) is 5.56. The number of H-pyrrole nitrogens is 1. The second-order valence-corrected chi connectivity index (χ2v) is 8.51. The standard InChI is InChI=1S/C22H22F2N4O3/c1-11(21-17(24)6-12(9-25)10-28(21)31)26-19(29)8-16-20(13-2-3-13)15-7-14(23)4-5-18(15)27-22(16)30/h4-5,7,11-13,17,21H,2-3,6,8,10H2,1H3,(H-,26,27,29,30)/p+1/t11-,12?,17?,21?/m1/s1. The zero-order valence-corrected chi connectivity index (χ0v) is 17.0. The van der Waals surface area contributed by atoms with Gasteiger partial charge < -0.3 is 10.3 Å². The number of amides is 1. The smallest absolute Gasteiger partial charge is 0.252 e. The fraction of sp³-hybridized carbons (Fsp3) is 0.500. The van der Waals surface area contributed by atoms with Crippen LogP contribution in [0, 0.1) is 28.0 Å². The molecule has 1 aliphatic carbocycles. The molecule has 1 aromatic heterocycles. The summed E-state index contributed by atoms with van der Waals surface area (Å²) in [7, 11) is 0. The minimum Gasteiger partial charge on any atom is -0.346 e. The predicted octanol–water partition coefficient (Wildman–Crippen LogP) is 2.62. The molecule has 2 aromatic rings. The highest BCUT2D eigenvalue weighted by Crippen LogP contribution is 2.44. The first-order valence-electron chi connectivity index (χ1n) is 10.4. The third-order valence-electron chi connectivity index (χ3n) is 6.14. The van der Waals surface area contributed by atoms with Crippen molar-refractivity contribution in [2.24, 2.45) is 5.92 Å². The van der Waals surface area contributed by atoms with E-state index in [9.17, 15) is 23.3 Å². The van der Waals surface area contributed by atoms with Crippen molar-refractivity contribution in [2.45, 2.75) is 56.8 Å². The van der Waals surface area contributed by atoms with Crippen LogP contribution in [0.4, 0.5) is 8.78 Å². The summed E-state index contributed by atoms with van der Waals surface area (Å²) in [4.78, 5) is 40.3. The molecule has 1 saturated heterocycles. The van der Waals surface area contributed by atoms with Crippen molar-refractivity contribution in [3.63, 3.8) is 0 Å². The first kappa shape index (κ1) is 21.1. The Bertz CT molecular complexity index is 1150. The van der Waals surface area contributed by atoms with Crippen molar-refractivity contribution in [1.29, 1.82) is 5.26 Å². The first-order valence-corrected chi connectivity index (χ1v) is 10.4. The van der Waals surface area contributed by atoms with Crippen molar-refractivity contribution in [3.05, 3.63) is 50.4 Å². The van der Waals surface area contributed by atoms with Crippen LogP contribution in [0.25, 0.3) is 10.9 Å². The molecule has 7 nitrogen and oxygen atoms in total. The zero-order valence-electron chi connectivity index (χ0n) is 17.0. The van der Waals surface area contributed by atoms with Crippen molar-refractivity contribution in [2.75, 3.05) is 6.54 Å². The molecule has 0 spiro atoms. The second kappa shape index (κ2) is 8.17. The Hall–Kier alpha value is -3.15. The number of alkyl halides is 1. The van der Waals surface area contributed by atoms with E-state index in [0.29, 0.717) is 21.2 Å². The number of carbonyl (C=O) groups excluding carboxylic acids is 1. The van der Waals surface area contributed by atoms with Crippen molar-refractivity contribution in [1.82, 2.24) is 10.3 Å². The summed E-state index contributed by atoms with van der Waals surface area (Å²) < 4.78 is 28.8. The summed E-state index contributed by atoms with van der Waals surface area (Å²) >= 11 is 0. The van der Waals surface area contributed by atoms with Gasteiger partial charge in [0.05, 0.1) is 18.5 Å². The van der Waals surface area contributed by atoms with E-state index in [-0.39, 0.29) is 30.9 Å². The largest absolute Gasteiger partial charge is 0.346 e. The molecule has 31 heavy (non-hydrogen) atoms. The van der Waals surface area contributed by atoms with Crippen LogP contribution < -0.4 is 10.9 Å². The van der Waals surface area contributed by atoms with Crippen LogP contribution in [0.3, 0.4) is 0 Å². The highest BCUT2D eigenvalue weighted by Gasteiger charge is 2.47. The van der Waals surface area contributed by atoms with Crippen molar-refractivity contribution >= 4 is 16.8 Å². The van der Waals surface area contributed by atoms with Crippen molar-refractivity contribution in [3.8, 4) is 6.07 Å². The third kappa shape index (κ3) is 4.20. The summed E-state index contributed by atoms with van der Waals surface area (Å²) in [5, 5.41) is 12.2. The lowest BCUT2D eigenvalue weighted by Crippen LogP contribution is -2.55. The Morgan fingerprint density at radius 1 is 1.42 bits per heavy atom. The molecule has 0 radical (unpaired) electrons. The number of nitrogens with one attached hydrogen (secondary N) is 2. The van der Waals surface area contributed by atoms with Crippen molar-refractivity contribution < 1.29 is 18.3 Å². The Labute approximate surface area is 177 Å². The number of nitriles is 1. The van der Waals surface area contributed by atoms with E-state index >= 15 is 0 Å². The lowest BCUT2D eigenvalue weighted by atomic mass is 9.90. The lowest BCUT2D eigenvalue weighted by molar-refractivity contribution is -0.610. The first-order chi connectivity index (χ1) is 14.8. The van der Waals surface area contributed by atoms with Gasteiger partial charge in [0.15, 0.2) is 6.17 Å². The normalized spacial score (nSPS) is 24.6. The van der Waals surface area contributed by atoms with E-state index in [1.165, 1.54) is 25.1 Å². The van der Waals surface area contributed by atoms with Crippen LogP contribution in [0.1, 0.15) is 43.2 Å². The number of fused-ring (bicyclic) bond motifs is 1. The molecule has 2 N–H and O–H groups in total. The summed E-state index contributed by atoms with van der Waals surface area (Å²) in [6, 6.07) is 4.15. The number of nitrogens with zero attached hydrogens (tertiary/aromatic N) is 2. The molecule has 1 aromatic carbocycles. The van der Waals surface area contributed by atoms with Gasteiger partial charge in [-0.05, 0) is 49.4 Å². The number of hydrogen-bond acceptors (Lipinski definition) is 4. The molecular formula is C22H23F2N4O3+. The van der Waals surface area contributed by atoms with E-state index in [1.54, 1.807) is 0 Å². The van der Waals surface area contributed by atoms with E-state index in [2.05, 4.69) is 10.3 Å². The number of rotatable bonds is 5. The van der Waals surface area contributed by atoms with Crippen LogP contribution >= 0.6 is 0 Å². The van der Waals surface area contributed by atoms with Crippen LogP contribution in [-0.2, 0) is 11.2 Å². The maximum atomic E-state index is 14.5. The fourth-order valence-corrected chi connectivity index (χ4v) is 4.56. The maximum absolute atomic E-state index is 14.5. The number of pyridine rings is 1. The number of nitroso groups, excluding NO2 is 1. The molecule has 1 aliphatic heterocycles. The van der Waals surface area contributed by atoms with E-state index in [1.807, 2.05) is 6.07 Å². The van der Waals surface area contributed by atoms with Gasteiger partial charge in [-0.1, -0.05) is 0 Å². The monoisotopic (exact) mass is 429 g/mol. The minimum absolute atomic E-state index is 0.0537. The molecule has 4 rings (SSSR count). The van der Waals surface area contributed by atoms with E-state index < -0.39 is 41.5 Å². The zero-order chi connectivity index (χ0) is 22.3. The Morgan fingerprint density at radius 2 is 2.16 bits per heavy atom. The average molecular weight is 429 g/mol. The van der Waals surface area contributed by atoms with Crippen LogP contribution in [0.15, 0.2) is 23.0 Å². The van der Waals surface area contributed by atoms with Gasteiger partial charge in [0.2, 0.25) is 12.5 Å². The molecular weight excluding hydrogens is 406 g/mol. The quantitative estimate of drug-likeness (QED) is 0.713. The topological polar surface area (TPSA) is 106 Å². The van der Waals surface area contributed by atoms with Crippen LogP contribution in [0.2, 0.25) is 0 Å². The number of carbonyl (C=O) groups is 1. The van der Waals surface area contributed by atoms with E-state index in [4.69, 9.17) is 5.26 Å².